The van der Waals surface area contributed by atoms with Gasteiger partial charge in [0.1, 0.15) is 0 Å². The summed E-state index contributed by atoms with van der Waals surface area (Å²) in [4.78, 5) is 0. The van der Waals surface area contributed by atoms with Crippen molar-refractivity contribution in [2.45, 2.75) is 45.3 Å². The minimum atomic E-state index is -3.21. The van der Waals surface area contributed by atoms with Gasteiger partial charge in [0.2, 0.25) is 10.0 Å². The van der Waals surface area contributed by atoms with Crippen molar-refractivity contribution < 1.29 is 8.42 Å². The average molecular weight is 248 g/mol. The first-order chi connectivity index (χ1) is 7.16. The normalized spacial score (nSPS) is 28.0. The molecule has 0 spiro atoms. The Hall–Kier alpha value is -0.130. The highest BCUT2D eigenvalue weighted by Crippen LogP contribution is 2.25. The van der Waals surface area contributed by atoms with Crippen LogP contribution in [-0.2, 0) is 10.0 Å². The summed E-state index contributed by atoms with van der Waals surface area (Å²) in [6, 6.07) is 0. The van der Waals surface area contributed by atoms with Gasteiger partial charge < -0.3 is 5.32 Å². The molecule has 1 aliphatic heterocycles. The second-order valence-corrected chi connectivity index (χ2v) is 8.55. The maximum Gasteiger partial charge on any atom is 0.216 e. The zero-order chi connectivity index (χ0) is 12.4. The van der Waals surface area contributed by atoms with Gasteiger partial charge in [-0.3, -0.25) is 0 Å². The lowest BCUT2D eigenvalue weighted by Gasteiger charge is -2.35. The molecule has 1 aliphatic rings. The first-order valence-electron chi connectivity index (χ1n) is 5.86. The van der Waals surface area contributed by atoms with Gasteiger partial charge in [0.15, 0.2) is 0 Å². The summed E-state index contributed by atoms with van der Waals surface area (Å²) in [5, 5.41) is 3.32. The molecule has 16 heavy (non-hydrogen) atoms. The molecule has 0 aromatic heterocycles. The predicted molar refractivity (Wildman–Crippen MR) is 66.9 cm³/mol. The number of sulfonamides is 1. The van der Waals surface area contributed by atoms with E-state index in [0.29, 0.717) is 6.54 Å². The molecule has 0 amide bonds. The zero-order valence-electron chi connectivity index (χ0n) is 10.8. The molecule has 1 saturated heterocycles. The summed E-state index contributed by atoms with van der Waals surface area (Å²) in [5.41, 5.74) is 0.0522. The second kappa shape index (κ2) is 4.63. The van der Waals surface area contributed by atoms with Gasteiger partial charge in [-0.2, -0.15) is 0 Å². The maximum atomic E-state index is 11.9. The summed E-state index contributed by atoms with van der Waals surface area (Å²) in [6.45, 7) is 9.75. The number of hydrogen-bond donors (Lipinski definition) is 2. The maximum absolute atomic E-state index is 11.9. The van der Waals surface area contributed by atoms with Crippen LogP contribution in [0.4, 0.5) is 0 Å². The fourth-order valence-corrected chi connectivity index (χ4v) is 2.73. The van der Waals surface area contributed by atoms with Gasteiger partial charge in [-0.05, 0) is 45.6 Å². The monoisotopic (exact) mass is 248 g/mol. The van der Waals surface area contributed by atoms with Crippen LogP contribution in [-0.4, -0.2) is 32.8 Å². The molecular formula is C11H24N2O2S. The second-order valence-electron chi connectivity index (χ2n) is 6.03. The molecule has 0 aliphatic carbocycles. The SMILES string of the molecule is CC1(CNS(=O)(=O)C(C)(C)C)CCCNC1. The van der Waals surface area contributed by atoms with Crippen LogP contribution in [0.1, 0.15) is 40.5 Å². The van der Waals surface area contributed by atoms with Gasteiger partial charge in [0.25, 0.3) is 0 Å². The predicted octanol–water partition coefficient (Wildman–Crippen LogP) is 1.09. The van der Waals surface area contributed by atoms with E-state index in [1.54, 1.807) is 20.8 Å². The Balaban J connectivity index is 2.57. The molecule has 1 atom stereocenters. The minimum absolute atomic E-state index is 0.0522. The minimum Gasteiger partial charge on any atom is -0.316 e. The summed E-state index contributed by atoms with van der Waals surface area (Å²) in [5.74, 6) is 0. The number of rotatable bonds is 3. The quantitative estimate of drug-likeness (QED) is 0.786. The summed E-state index contributed by atoms with van der Waals surface area (Å²) >= 11 is 0. The Morgan fingerprint density at radius 2 is 2.00 bits per heavy atom. The fraction of sp³-hybridized carbons (Fsp3) is 1.00. The first-order valence-corrected chi connectivity index (χ1v) is 7.35. The summed E-state index contributed by atoms with van der Waals surface area (Å²) < 4.78 is 25.8. The van der Waals surface area contributed by atoms with Crippen LogP contribution >= 0.6 is 0 Å². The zero-order valence-corrected chi connectivity index (χ0v) is 11.6. The molecular weight excluding hydrogens is 224 g/mol. The molecule has 0 radical (unpaired) electrons. The molecule has 1 fully saturated rings. The molecule has 0 aromatic rings. The van der Waals surface area contributed by atoms with Crippen LogP contribution < -0.4 is 10.0 Å². The van der Waals surface area contributed by atoms with Crippen molar-refractivity contribution >= 4 is 10.0 Å². The lowest BCUT2D eigenvalue weighted by atomic mass is 9.83. The smallest absolute Gasteiger partial charge is 0.216 e. The van der Waals surface area contributed by atoms with Crippen LogP contribution in [0.2, 0.25) is 0 Å². The first kappa shape index (κ1) is 13.9. The van der Waals surface area contributed by atoms with Gasteiger partial charge in [-0.15, -0.1) is 0 Å². The Morgan fingerprint density at radius 3 is 2.44 bits per heavy atom. The van der Waals surface area contributed by atoms with Crippen LogP contribution in [0, 0.1) is 5.41 Å². The molecule has 2 N–H and O–H groups in total. The molecule has 1 heterocycles. The van der Waals surface area contributed by atoms with E-state index >= 15 is 0 Å². The van der Waals surface area contributed by atoms with E-state index in [-0.39, 0.29) is 5.41 Å². The van der Waals surface area contributed by atoms with E-state index in [1.807, 2.05) is 0 Å². The standard InChI is InChI=1S/C11H24N2O2S/c1-10(2,3)16(14,15)13-9-11(4)6-5-7-12-8-11/h12-13H,5-9H2,1-4H3. The summed E-state index contributed by atoms with van der Waals surface area (Å²) in [6.07, 6.45) is 2.19. The third-order valence-electron chi connectivity index (χ3n) is 3.18. The van der Waals surface area contributed by atoms with E-state index in [1.165, 1.54) is 0 Å². The van der Waals surface area contributed by atoms with Gasteiger partial charge in [0.05, 0.1) is 4.75 Å². The third kappa shape index (κ3) is 3.43. The number of hydrogen-bond acceptors (Lipinski definition) is 3. The van der Waals surface area contributed by atoms with E-state index in [0.717, 1.165) is 25.9 Å². The van der Waals surface area contributed by atoms with Crippen LogP contribution in [0.15, 0.2) is 0 Å². The average Bonchev–Trinajstić information content (AvgIpc) is 2.15. The lowest BCUT2D eigenvalue weighted by Crippen LogP contribution is -2.48. The van der Waals surface area contributed by atoms with Crippen LogP contribution in [0.25, 0.3) is 0 Å². The largest absolute Gasteiger partial charge is 0.316 e. The molecule has 0 bridgehead atoms. The third-order valence-corrected chi connectivity index (χ3v) is 5.32. The van der Waals surface area contributed by atoms with Gasteiger partial charge in [-0.1, -0.05) is 6.92 Å². The van der Waals surface area contributed by atoms with Crippen molar-refractivity contribution in [1.82, 2.24) is 10.0 Å². The Kier molecular flexibility index (Phi) is 4.03. The fourth-order valence-electron chi connectivity index (χ4n) is 1.76. The lowest BCUT2D eigenvalue weighted by molar-refractivity contribution is 0.238. The van der Waals surface area contributed by atoms with Crippen molar-refractivity contribution in [3.05, 3.63) is 0 Å². The van der Waals surface area contributed by atoms with E-state index in [2.05, 4.69) is 17.0 Å². The van der Waals surface area contributed by atoms with E-state index in [9.17, 15) is 8.42 Å². The van der Waals surface area contributed by atoms with Gasteiger partial charge >= 0.3 is 0 Å². The van der Waals surface area contributed by atoms with Gasteiger partial charge in [-0.25, -0.2) is 13.1 Å². The molecule has 0 aromatic carbocycles. The highest BCUT2D eigenvalue weighted by atomic mass is 32.2. The molecule has 1 unspecified atom stereocenters. The van der Waals surface area contributed by atoms with Crippen LogP contribution in [0.5, 0.6) is 0 Å². The molecule has 5 heteroatoms. The Bertz CT molecular complexity index is 324. The highest BCUT2D eigenvalue weighted by Gasteiger charge is 2.33. The van der Waals surface area contributed by atoms with Crippen molar-refractivity contribution in [2.24, 2.45) is 5.41 Å². The Labute approximate surface area is 99.2 Å². The molecule has 4 nitrogen and oxygen atoms in total. The molecule has 1 rings (SSSR count). The molecule has 0 saturated carbocycles. The topological polar surface area (TPSA) is 58.2 Å². The summed E-state index contributed by atoms with van der Waals surface area (Å²) in [7, 11) is -3.21. The van der Waals surface area contributed by atoms with Crippen molar-refractivity contribution in [3.8, 4) is 0 Å². The van der Waals surface area contributed by atoms with Crippen molar-refractivity contribution in [1.29, 1.82) is 0 Å². The van der Waals surface area contributed by atoms with Gasteiger partial charge in [0, 0.05) is 13.1 Å². The van der Waals surface area contributed by atoms with Crippen LogP contribution in [0.3, 0.4) is 0 Å². The van der Waals surface area contributed by atoms with E-state index < -0.39 is 14.8 Å². The number of nitrogens with one attached hydrogen (secondary N) is 2. The Morgan fingerprint density at radius 1 is 1.38 bits per heavy atom. The van der Waals surface area contributed by atoms with Crippen molar-refractivity contribution in [2.75, 3.05) is 19.6 Å². The molecule has 96 valence electrons. The van der Waals surface area contributed by atoms with E-state index in [4.69, 9.17) is 0 Å². The highest BCUT2D eigenvalue weighted by molar-refractivity contribution is 7.90. The van der Waals surface area contributed by atoms with Crippen molar-refractivity contribution in [3.63, 3.8) is 0 Å². The number of piperidine rings is 1.